The van der Waals surface area contributed by atoms with Gasteiger partial charge in [0.15, 0.2) is 17.5 Å². The highest BCUT2D eigenvalue weighted by Crippen LogP contribution is 2.33. The monoisotopic (exact) mass is 413 g/mol. The molecule has 1 aliphatic rings. The second kappa shape index (κ2) is 11.0. The first-order valence-electron chi connectivity index (χ1n) is 9.26. The molecule has 0 atom stereocenters. The van der Waals surface area contributed by atoms with Gasteiger partial charge in [-0.3, -0.25) is 9.69 Å². The van der Waals surface area contributed by atoms with Crippen LogP contribution in [0.1, 0.15) is 19.4 Å². The molecule has 160 valence electrons. The standard InChI is InChI=1S/C18H25F2N5O4/c1-3-21-17(22-8-9-25-14(26)11-24-18(25)27)23-10-12-6-5-7-13(28-4-2)15(12)29-16(19)20/h5-7,16H,3-4,8-11H2,1-2H3,(H,24,27)(H2,21,22,23). The van der Waals surface area contributed by atoms with E-state index in [1.54, 1.807) is 25.1 Å². The van der Waals surface area contributed by atoms with Crippen LogP contribution in [0.25, 0.3) is 0 Å². The van der Waals surface area contributed by atoms with Gasteiger partial charge in [0.1, 0.15) is 0 Å². The van der Waals surface area contributed by atoms with Crippen LogP contribution in [0.3, 0.4) is 0 Å². The second-order valence-corrected chi connectivity index (χ2v) is 5.88. The Bertz CT molecular complexity index is 729. The second-order valence-electron chi connectivity index (χ2n) is 5.88. The van der Waals surface area contributed by atoms with Crippen LogP contribution in [-0.2, 0) is 11.3 Å². The molecule has 1 saturated heterocycles. The molecule has 0 aromatic heterocycles. The van der Waals surface area contributed by atoms with Gasteiger partial charge in [0.05, 0.1) is 19.7 Å². The van der Waals surface area contributed by atoms with E-state index in [0.29, 0.717) is 24.7 Å². The number of urea groups is 1. The van der Waals surface area contributed by atoms with Gasteiger partial charge in [-0.15, -0.1) is 0 Å². The van der Waals surface area contributed by atoms with E-state index in [1.807, 2.05) is 6.92 Å². The molecule has 3 N–H and O–H groups in total. The Morgan fingerprint density at radius 3 is 2.72 bits per heavy atom. The molecule has 1 fully saturated rings. The number of nitrogens with one attached hydrogen (secondary N) is 3. The van der Waals surface area contributed by atoms with E-state index in [1.165, 1.54) is 0 Å². The highest BCUT2D eigenvalue weighted by Gasteiger charge is 2.27. The smallest absolute Gasteiger partial charge is 0.387 e. The van der Waals surface area contributed by atoms with E-state index in [9.17, 15) is 18.4 Å². The lowest BCUT2D eigenvalue weighted by Gasteiger charge is -2.16. The van der Waals surface area contributed by atoms with Crippen molar-refractivity contribution >= 4 is 17.9 Å². The molecule has 0 bridgehead atoms. The first-order valence-corrected chi connectivity index (χ1v) is 9.26. The molecule has 1 aromatic rings. The Hall–Kier alpha value is -3.11. The molecule has 0 saturated carbocycles. The zero-order chi connectivity index (χ0) is 21.2. The maximum atomic E-state index is 12.8. The van der Waals surface area contributed by atoms with Gasteiger partial charge in [0, 0.05) is 25.2 Å². The van der Waals surface area contributed by atoms with Gasteiger partial charge in [-0.2, -0.15) is 8.78 Å². The Labute approximate surface area is 167 Å². The van der Waals surface area contributed by atoms with Crippen molar-refractivity contribution in [1.29, 1.82) is 0 Å². The predicted octanol–water partition coefficient (Wildman–Crippen LogP) is 1.29. The summed E-state index contributed by atoms with van der Waals surface area (Å²) in [6.45, 7) is 2.00. The minimum absolute atomic E-state index is 0.00389. The lowest BCUT2D eigenvalue weighted by Crippen LogP contribution is -2.43. The highest BCUT2D eigenvalue weighted by molar-refractivity contribution is 6.01. The summed E-state index contributed by atoms with van der Waals surface area (Å²) in [5.74, 6) is 0.282. The molecule has 0 aliphatic carbocycles. The number of hydrogen-bond donors (Lipinski definition) is 3. The number of guanidine groups is 1. The number of benzene rings is 1. The van der Waals surface area contributed by atoms with Gasteiger partial charge in [0.2, 0.25) is 5.91 Å². The average molecular weight is 413 g/mol. The Balaban J connectivity index is 2.06. The highest BCUT2D eigenvalue weighted by atomic mass is 19.3. The molecule has 29 heavy (non-hydrogen) atoms. The molecule has 1 aromatic carbocycles. The summed E-state index contributed by atoms with van der Waals surface area (Å²) in [7, 11) is 0. The minimum atomic E-state index is -2.99. The lowest BCUT2D eigenvalue weighted by atomic mass is 10.2. The molecular weight excluding hydrogens is 388 g/mol. The third-order valence-electron chi connectivity index (χ3n) is 3.88. The minimum Gasteiger partial charge on any atom is -0.490 e. The van der Waals surface area contributed by atoms with Gasteiger partial charge in [-0.25, -0.2) is 9.79 Å². The summed E-state index contributed by atoms with van der Waals surface area (Å²) in [6.07, 6.45) is 0. The van der Waals surface area contributed by atoms with E-state index in [2.05, 4.69) is 25.7 Å². The molecule has 1 heterocycles. The van der Waals surface area contributed by atoms with Crippen molar-refractivity contribution in [1.82, 2.24) is 20.9 Å². The van der Waals surface area contributed by atoms with E-state index in [0.717, 1.165) is 4.90 Å². The number of ether oxygens (including phenoxy) is 2. The fourth-order valence-corrected chi connectivity index (χ4v) is 2.65. The zero-order valence-electron chi connectivity index (χ0n) is 16.3. The number of imide groups is 1. The average Bonchev–Trinajstić information content (AvgIpc) is 3.00. The molecule has 11 heteroatoms. The third kappa shape index (κ3) is 6.47. The maximum absolute atomic E-state index is 12.8. The Kier molecular flexibility index (Phi) is 8.44. The first kappa shape index (κ1) is 22.2. The van der Waals surface area contributed by atoms with Crippen molar-refractivity contribution in [2.45, 2.75) is 27.0 Å². The Morgan fingerprint density at radius 1 is 1.31 bits per heavy atom. The Morgan fingerprint density at radius 2 is 2.10 bits per heavy atom. The normalized spacial score (nSPS) is 14.2. The number of hydrogen-bond acceptors (Lipinski definition) is 5. The fourth-order valence-electron chi connectivity index (χ4n) is 2.65. The summed E-state index contributed by atoms with van der Waals surface area (Å²) >= 11 is 0. The largest absolute Gasteiger partial charge is 0.490 e. The number of rotatable bonds is 10. The molecule has 9 nitrogen and oxygen atoms in total. The predicted molar refractivity (Wildman–Crippen MR) is 102 cm³/mol. The van der Waals surface area contributed by atoms with Crippen molar-refractivity contribution < 1.29 is 27.8 Å². The number of aliphatic imine (C=N–C) groups is 1. The number of halogens is 2. The van der Waals surface area contributed by atoms with Crippen LogP contribution in [0.2, 0.25) is 0 Å². The molecule has 0 spiro atoms. The van der Waals surface area contributed by atoms with Crippen molar-refractivity contribution in [2.24, 2.45) is 4.99 Å². The van der Waals surface area contributed by atoms with Crippen LogP contribution in [0.15, 0.2) is 23.2 Å². The lowest BCUT2D eigenvalue weighted by molar-refractivity contribution is -0.124. The fraction of sp³-hybridized carbons (Fsp3) is 0.500. The quantitative estimate of drug-likeness (QED) is 0.303. The molecule has 1 aliphatic heterocycles. The molecular formula is C18H25F2N5O4. The van der Waals surface area contributed by atoms with Gasteiger partial charge in [-0.1, -0.05) is 12.1 Å². The van der Waals surface area contributed by atoms with Crippen molar-refractivity contribution in [3.8, 4) is 11.5 Å². The van der Waals surface area contributed by atoms with Crippen LogP contribution in [-0.4, -0.2) is 62.2 Å². The molecule has 0 radical (unpaired) electrons. The van der Waals surface area contributed by atoms with E-state index >= 15 is 0 Å². The van der Waals surface area contributed by atoms with E-state index < -0.39 is 12.6 Å². The van der Waals surface area contributed by atoms with Crippen LogP contribution in [0, 0.1) is 0 Å². The summed E-state index contributed by atoms with van der Waals surface area (Å²) in [6, 6.07) is 4.42. The van der Waals surface area contributed by atoms with E-state index in [4.69, 9.17) is 4.74 Å². The summed E-state index contributed by atoms with van der Waals surface area (Å²) < 4.78 is 35.6. The zero-order valence-corrected chi connectivity index (χ0v) is 16.3. The summed E-state index contributed by atoms with van der Waals surface area (Å²) in [5.41, 5.74) is 0.433. The SMILES string of the molecule is CCNC(=NCc1cccc(OCC)c1OC(F)F)NCCN1C(=O)CNC1=O. The van der Waals surface area contributed by atoms with Crippen LogP contribution < -0.4 is 25.4 Å². The van der Waals surface area contributed by atoms with Gasteiger partial charge in [0.25, 0.3) is 0 Å². The summed E-state index contributed by atoms with van der Waals surface area (Å²) in [5, 5.41) is 8.46. The van der Waals surface area contributed by atoms with Crippen LogP contribution >= 0.6 is 0 Å². The molecule has 3 amide bonds. The number of nitrogens with zero attached hydrogens (tertiary/aromatic N) is 2. The number of amides is 3. The number of para-hydroxylation sites is 1. The van der Waals surface area contributed by atoms with Crippen molar-refractivity contribution in [2.75, 3.05) is 32.8 Å². The summed E-state index contributed by atoms with van der Waals surface area (Å²) in [4.78, 5) is 28.6. The molecule has 0 unspecified atom stereocenters. The van der Waals surface area contributed by atoms with Gasteiger partial charge < -0.3 is 25.4 Å². The topological polar surface area (TPSA) is 104 Å². The van der Waals surface area contributed by atoms with Crippen molar-refractivity contribution in [3.63, 3.8) is 0 Å². The maximum Gasteiger partial charge on any atom is 0.387 e. The number of carbonyl (C=O) groups excluding carboxylic acids is 2. The van der Waals surface area contributed by atoms with Crippen LogP contribution in [0.5, 0.6) is 11.5 Å². The number of alkyl halides is 2. The van der Waals surface area contributed by atoms with Crippen molar-refractivity contribution in [3.05, 3.63) is 23.8 Å². The van der Waals surface area contributed by atoms with E-state index in [-0.39, 0.29) is 43.6 Å². The van der Waals surface area contributed by atoms with Gasteiger partial charge >= 0.3 is 12.6 Å². The first-order chi connectivity index (χ1) is 14.0. The van der Waals surface area contributed by atoms with Gasteiger partial charge in [-0.05, 0) is 19.9 Å². The third-order valence-corrected chi connectivity index (χ3v) is 3.88. The van der Waals surface area contributed by atoms with Crippen LogP contribution in [0.4, 0.5) is 13.6 Å². The molecule has 2 rings (SSSR count). The number of carbonyl (C=O) groups is 2.